The Labute approximate surface area is 357 Å². The Hall–Kier alpha value is -3.55. The van der Waals surface area contributed by atoms with Crippen LogP contribution in [0.4, 0.5) is 0 Å². The molecule has 3 aliphatic rings. The van der Waals surface area contributed by atoms with Crippen molar-refractivity contribution in [2.75, 3.05) is 27.3 Å². The van der Waals surface area contributed by atoms with Crippen molar-refractivity contribution in [1.82, 2.24) is 14.5 Å². The molecule has 17 heteroatoms. The number of nitrogens with zero attached hydrogens (tertiary/aromatic N) is 5. The van der Waals surface area contributed by atoms with Gasteiger partial charge in [0, 0.05) is 30.5 Å². The first kappa shape index (κ1) is 47.5. The van der Waals surface area contributed by atoms with Gasteiger partial charge in [-0.2, -0.15) is 0 Å². The summed E-state index contributed by atoms with van der Waals surface area (Å²) < 4.78 is 36.4. The van der Waals surface area contributed by atoms with E-state index in [0.29, 0.717) is 17.8 Å². The molecule has 332 valence electrons. The number of ether oxygens (including phenoxy) is 5. The first-order valence-corrected chi connectivity index (χ1v) is 21.6. The molecule has 2 N–H and O–H groups in total. The number of hydrogen-bond donors (Lipinski definition) is 2. The van der Waals surface area contributed by atoms with Crippen molar-refractivity contribution in [3.63, 3.8) is 0 Å². The van der Waals surface area contributed by atoms with Crippen molar-refractivity contribution >= 4 is 40.6 Å². The summed E-state index contributed by atoms with van der Waals surface area (Å²) in [6.45, 7) is 14.9. The zero-order valence-corrected chi connectivity index (χ0v) is 37.5. The minimum Gasteiger partial charge on any atom is -0.459 e. The van der Waals surface area contributed by atoms with Crippen molar-refractivity contribution in [1.29, 1.82) is 0 Å². The summed E-state index contributed by atoms with van der Waals surface area (Å²) in [5.41, 5.74) is -0.713. The molecule has 0 saturated carbocycles. The van der Waals surface area contributed by atoms with Crippen LogP contribution >= 0.6 is 11.5 Å². The van der Waals surface area contributed by atoms with E-state index >= 15 is 0 Å². The molecule has 3 aliphatic heterocycles. The third-order valence-corrected chi connectivity index (χ3v) is 12.9. The highest BCUT2D eigenvalue weighted by Gasteiger charge is 2.53. The first-order chi connectivity index (χ1) is 28.3. The average molecular weight is 858 g/mol. The number of aliphatic hydroxyl groups is 2. The molecule has 1 aromatic carbocycles. The molecule has 4 heterocycles. The van der Waals surface area contributed by atoms with Gasteiger partial charge >= 0.3 is 5.97 Å². The van der Waals surface area contributed by atoms with Gasteiger partial charge in [-0.15, -0.1) is 5.10 Å². The van der Waals surface area contributed by atoms with Gasteiger partial charge in [0.25, 0.3) is 0 Å². The molecule has 2 bridgehead atoms. The number of aliphatic imine (C=N–C) groups is 1. The Balaban J connectivity index is 1.63. The predicted octanol–water partition coefficient (Wildman–Crippen LogP) is 4.64. The summed E-state index contributed by atoms with van der Waals surface area (Å²) in [7, 11) is 3.73. The second kappa shape index (κ2) is 20.1. The fraction of sp³-hybridized carbons (Fsp3) is 0.698. The lowest BCUT2D eigenvalue weighted by molar-refractivity contribution is -0.296. The van der Waals surface area contributed by atoms with Gasteiger partial charge < -0.3 is 43.6 Å². The van der Waals surface area contributed by atoms with Gasteiger partial charge in [0.15, 0.2) is 12.1 Å². The van der Waals surface area contributed by atoms with E-state index in [2.05, 4.69) is 19.7 Å². The Morgan fingerprint density at radius 2 is 1.77 bits per heavy atom. The number of likely N-dealkylation sites (N-methyl/N-ethyl adjacent to an activating group) is 1. The van der Waals surface area contributed by atoms with Crippen LogP contribution in [-0.4, -0.2) is 135 Å². The van der Waals surface area contributed by atoms with Crippen molar-refractivity contribution in [2.45, 2.75) is 142 Å². The molecule has 1 amide bonds. The van der Waals surface area contributed by atoms with Crippen molar-refractivity contribution < 1.29 is 53.1 Å². The zero-order valence-electron chi connectivity index (χ0n) is 36.7. The number of benzene rings is 1. The van der Waals surface area contributed by atoms with E-state index in [1.807, 2.05) is 64.0 Å². The van der Waals surface area contributed by atoms with Crippen LogP contribution in [-0.2, 0) is 49.5 Å². The number of rotatable bonds is 8. The molecule has 2 aromatic rings. The molecule has 0 spiro atoms. The monoisotopic (exact) mass is 857 g/mol. The lowest BCUT2D eigenvalue weighted by Gasteiger charge is -2.47. The van der Waals surface area contributed by atoms with E-state index in [-0.39, 0.29) is 44.8 Å². The number of esters is 1. The van der Waals surface area contributed by atoms with Gasteiger partial charge in [-0.1, -0.05) is 61.6 Å². The summed E-state index contributed by atoms with van der Waals surface area (Å²) in [6, 6.07) is 7.41. The number of cyclic esters (lactones) is 1. The van der Waals surface area contributed by atoms with Gasteiger partial charge in [-0.05, 0) is 89.6 Å². The van der Waals surface area contributed by atoms with Crippen LogP contribution < -0.4 is 0 Å². The Morgan fingerprint density at radius 1 is 1.07 bits per heavy atom. The molecule has 5 rings (SSSR count). The fourth-order valence-corrected chi connectivity index (χ4v) is 9.38. The number of carbonyl (C=O) groups is 3. The maximum absolute atomic E-state index is 14.5. The molecule has 0 unspecified atom stereocenters. The van der Waals surface area contributed by atoms with E-state index in [4.69, 9.17) is 28.5 Å². The highest BCUT2D eigenvalue weighted by Crippen LogP contribution is 2.40. The predicted molar refractivity (Wildman–Crippen MR) is 224 cm³/mol. The first-order valence-electron chi connectivity index (χ1n) is 20.8. The molecule has 3 fully saturated rings. The summed E-state index contributed by atoms with van der Waals surface area (Å²) in [6.07, 6.45) is -3.39. The molecule has 0 aliphatic carbocycles. The van der Waals surface area contributed by atoms with E-state index in [0.717, 1.165) is 16.0 Å². The van der Waals surface area contributed by atoms with E-state index in [1.165, 1.54) is 32.3 Å². The van der Waals surface area contributed by atoms with Gasteiger partial charge in [-0.3, -0.25) is 14.4 Å². The number of carbonyl (C=O) groups excluding carboxylic acids is 3. The average Bonchev–Trinajstić information content (AvgIpc) is 3.74. The number of hydrogen-bond acceptors (Lipinski definition) is 16. The Bertz CT molecular complexity index is 1840. The molecule has 16 nitrogen and oxygen atoms in total. The van der Waals surface area contributed by atoms with Crippen LogP contribution in [0, 0.1) is 23.7 Å². The topological polar surface area (TPSA) is 201 Å². The number of oxime groups is 1. The molecule has 13 atom stereocenters. The minimum atomic E-state index is -1.85. The second-order valence-electron chi connectivity index (χ2n) is 17.3. The van der Waals surface area contributed by atoms with Gasteiger partial charge in [-0.25, -0.2) is 4.99 Å². The zero-order chi connectivity index (χ0) is 44.1. The largest absolute Gasteiger partial charge is 0.459 e. The Kier molecular flexibility index (Phi) is 15.9. The van der Waals surface area contributed by atoms with Crippen LogP contribution in [0.5, 0.6) is 0 Å². The van der Waals surface area contributed by atoms with Crippen LogP contribution in [0.25, 0.3) is 10.4 Å². The molecular weight excluding hydrogens is 795 g/mol. The summed E-state index contributed by atoms with van der Waals surface area (Å²) in [5, 5.41) is 32.5. The van der Waals surface area contributed by atoms with Gasteiger partial charge in [0.05, 0.1) is 48.2 Å². The van der Waals surface area contributed by atoms with Crippen LogP contribution in [0.2, 0.25) is 0 Å². The van der Waals surface area contributed by atoms with Gasteiger partial charge in [0.1, 0.15) is 36.0 Å². The van der Waals surface area contributed by atoms with Gasteiger partial charge in [0.2, 0.25) is 5.91 Å². The smallest absolute Gasteiger partial charge is 0.316 e. The number of ketones is 1. The van der Waals surface area contributed by atoms with Crippen LogP contribution in [0.1, 0.15) is 87.1 Å². The highest BCUT2D eigenvalue weighted by atomic mass is 32.1. The molecule has 60 heavy (non-hydrogen) atoms. The third kappa shape index (κ3) is 10.9. The standard InChI is InChI=1S/C43H63N5O11S/c1-12-34-43(9,53)39-25(4)35(45-28(7)49)23(2)18-42(8,55-22-31(21-54-39)46-56-20-29-13-15-30(16-14-29)33-19-44-47-60-33)38(26(5)36(50)27(6)40(52)58-34)59-41-37(51)32(48(10)11)17-24(3)57-41/h13-16,19,23-27,32,34,37-39,41,51,53H,12,17-18,20-22H2,1-11H3/b45-35?,46-31+/t23-,24-,25+,26+,27-,32+,34-,37-,38-,39+,41+,42-,43-/m1/s1. The fourth-order valence-electron chi connectivity index (χ4n) is 8.86. The Morgan fingerprint density at radius 3 is 2.38 bits per heavy atom. The SMILES string of the molecule is CC[C@H]1OC(=O)[C@H](C)C(=O)[C@H](C)[C@@H](O[C@@H]2O[C@H](C)C[C@H](N(C)C)[C@H]2O)[C@@]2(C)C[C@@H](C)C(=NC(C)=O)[C@H](C)[C@H](OC/C(=N\OCc3ccc(-c4cnns4)cc3)CO2)[C@]1(C)O. The van der Waals surface area contributed by atoms with Crippen LogP contribution in [0.15, 0.2) is 40.6 Å². The number of fused-ring (bicyclic) bond motifs is 5. The minimum absolute atomic E-state index is 0.108. The highest BCUT2D eigenvalue weighted by molar-refractivity contribution is 7.09. The van der Waals surface area contributed by atoms with Crippen molar-refractivity contribution in [3.8, 4) is 10.4 Å². The summed E-state index contributed by atoms with van der Waals surface area (Å²) in [5.74, 6) is -5.30. The number of Topliss-reactive ketones (excluding diaryl/α,β-unsaturated/α-hetero) is 1. The van der Waals surface area contributed by atoms with Crippen molar-refractivity contribution in [2.24, 2.45) is 33.8 Å². The summed E-state index contributed by atoms with van der Waals surface area (Å²) in [4.78, 5) is 54.5. The van der Waals surface area contributed by atoms with Crippen LogP contribution in [0.3, 0.4) is 0 Å². The maximum Gasteiger partial charge on any atom is 0.316 e. The molecule has 1 aromatic heterocycles. The number of aromatic nitrogens is 2. The maximum atomic E-state index is 14.5. The van der Waals surface area contributed by atoms with Crippen molar-refractivity contribution in [3.05, 3.63) is 36.0 Å². The number of aliphatic hydroxyl groups excluding tert-OH is 1. The van der Waals surface area contributed by atoms with E-state index in [9.17, 15) is 24.6 Å². The quantitative estimate of drug-likeness (QED) is 0.211. The number of amides is 1. The lowest BCUT2D eigenvalue weighted by Crippen LogP contribution is -2.60. The molecule has 0 radical (unpaired) electrons. The van der Waals surface area contributed by atoms with E-state index < -0.39 is 83.2 Å². The molecule has 3 saturated heterocycles. The summed E-state index contributed by atoms with van der Waals surface area (Å²) >= 11 is 1.30. The van der Waals surface area contributed by atoms with E-state index in [1.54, 1.807) is 27.0 Å². The second-order valence-corrected chi connectivity index (χ2v) is 18.1. The third-order valence-electron chi connectivity index (χ3n) is 12.1. The normalized spacial score (nSPS) is 37.6. The molecular formula is C43H63N5O11S. The lowest BCUT2D eigenvalue weighted by atomic mass is 9.73.